The Morgan fingerprint density at radius 1 is 0.574 bits per heavy atom. The van der Waals surface area contributed by atoms with Crippen LogP contribution >= 0.6 is 0 Å². The van der Waals surface area contributed by atoms with Gasteiger partial charge in [0.05, 0.1) is 19.8 Å². The maximum absolute atomic E-state index is 12.9. The molecule has 392 valence electrons. The second-order valence-electron chi connectivity index (χ2n) is 17.7. The van der Waals surface area contributed by atoms with E-state index in [0.717, 1.165) is 103 Å². The van der Waals surface area contributed by atoms with Crippen LogP contribution in [0.1, 0.15) is 194 Å². The molecule has 0 spiro atoms. The number of aliphatic hydroxyl groups excluding tert-OH is 3. The van der Waals surface area contributed by atoms with E-state index in [1.54, 1.807) is 0 Å². The van der Waals surface area contributed by atoms with Crippen LogP contribution in [0.4, 0.5) is 0 Å². The number of esters is 1. The summed E-state index contributed by atoms with van der Waals surface area (Å²) < 4.78 is 59.3. The Morgan fingerprint density at radius 3 is 1.49 bits per heavy atom. The van der Waals surface area contributed by atoms with Crippen molar-refractivity contribution in [1.29, 1.82) is 0 Å². The standard InChI is InChI=1S/C55H94O12S/c1-3-5-7-9-11-13-15-17-19-21-23-24-25-27-29-31-33-35-37-39-41-43-45-63-47-49(48-64-55-53(59)54(67-68(60,61)62)52(58)50(46-56)66-55)65-51(57)44-42-40-38-36-34-32-30-28-26-22-20-18-16-14-12-10-8-6-4-2/h5,7,11-14,17-20,23-24,27,29,49-50,52-56,58-59H,3-4,6,8-10,15-16,21-22,25-26,28,30-48H2,1-2H3,(H,60,61,62)/b7-5-,13-11-,14-12-,19-17-,20-18-,24-23-,29-27-. The predicted octanol–water partition coefficient (Wildman–Crippen LogP) is 12.4. The van der Waals surface area contributed by atoms with Crippen molar-refractivity contribution < 1.29 is 56.2 Å². The fourth-order valence-electron chi connectivity index (χ4n) is 7.55. The number of unbranched alkanes of at least 4 members (excludes halogenated alkanes) is 18. The van der Waals surface area contributed by atoms with Crippen LogP contribution in [0, 0.1) is 0 Å². The second kappa shape index (κ2) is 45.4. The van der Waals surface area contributed by atoms with Crippen molar-refractivity contribution in [1.82, 2.24) is 0 Å². The number of hydrogen-bond acceptors (Lipinski definition) is 11. The lowest BCUT2D eigenvalue weighted by Gasteiger charge is -2.41. The Morgan fingerprint density at radius 2 is 1.01 bits per heavy atom. The molecule has 0 aromatic heterocycles. The zero-order valence-electron chi connectivity index (χ0n) is 42.1. The largest absolute Gasteiger partial charge is 0.457 e. The highest BCUT2D eigenvalue weighted by Crippen LogP contribution is 2.26. The van der Waals surface area contributed by atoms with E-state index in [2.05, 4.69) is 103 Å². The van der Waals surface area contributed by atoms with Crippen LogP contribution in [-0.4, -0.2) is 97.5 Å². The average Bonchev–Trinajstić information content (AvgIpc) is 3.31. The summed E-state index contributed by atoms with van der Waals surface area (Å²) in [5.41, 5.74) is 0. The van der Waals surface area contributed by atoms with Gasteiger partial charge in [0.2, 0.25) is 0 Å². The molecular weight excluding hydrogens is 885 g/mol. The van der Waals surface area contributed by atoms with Crippen LogP contribution in [0.5, 0.6) is 0 Å². The SMILES string of the molecule is CC/C=C\C/C=C\C/C=C\C/C=C\C/C=C\CCCCCCCCOCC(COC1OC(CO)C(O)C(OS(=O)(=O)O)C1O)OC(=O)CCCCCCCCCCC/C=C\C/C=C\CCCCC. The number of allylic oxidation sites excluding steroid dienone is 14. The molecule has 4 N–H and O–H groups in total. The lowest BCUT2D eigenvalue weighted by Crippen LogP contribution is -2.60. The van der Waals surface area contributed by atoms with Gasteiger partial charge in [-0.2, -0.15) is 8.42 Å². The van der Waals surface area contributed by atoms with Crippen molar-refractivity contribution in [2.24, 2.45) is 0 Å². The quantitative estimate of drug-likeness (QED) is 0.0197. The molecule has 0 aromatic rings. The van der Waals surface area contributed by atoms with Crippen molar-refractivity contribution in [2.45, 2.75) is 230 Å². The molecule has 12 nitrogen and oxygen atoms in total. The number of rotatable bonds is 45. The molecule has 1 heterocycles. The molecule has 6 unspecified atom stereocenters. The lowest BCUT2D eigenvalue weighted by molar-refractivity contribution is -0.301. The Kier molecular flexibility index (Phi) is 42.3. The first kappa shape index (κ1) is 63.3. The summed E-state index contributed by atoms with van der Waals surface area (Å²) in [4.78, 5) is 12.9. The number of carbonyl (C=O) groups excluding carboxylic acids is 1. The highest BCUT2D eigenvalue weighted by atomic mass is 32.3. The molecule has 1 aliphatic rings. The normalized spacial score (nSPS) is 20.0. The van der Waals surface area contributed by atoms with Gasteiger partial charge >= 0.3 is 16.4 Å². The molecule has 0 radical (unpaired) electrons. The molecule has 1 aliphatic heterocycles. The van der Waals surface area contributed by atoms with Crippen molar-refractivity contribution >= 4 is 16.4 Å². The Labute approximate surface area is 413 Å². The van der Waals surface area contributed by atoms with Gasteiger partial charge in [0, 0.05) is 13.0 Å². The minimum Gasteiger partial charge on any atom is -0.457 e. The summed E-state index contributed by atoms with van der Waals surface area (Å²) in [5, 5.41) is 30.8. The minimum atomic E-state index is -5.07. The van der Waals surface area contributed by atoms with Crippen molar-refractivity contribution in [2.75, 3.05) is 26.4 Å². The van der Waals surface area contributed by atoms with Crippen LogP contribution in [-0.2, 0) is 38.3 Å². The number of ether oxygens (including phenoxy) is 4. The summed E-state index contributed by atoms with van der Waals surface area (Å²) in [6.07, 6.45) is 51.8. The zero-order valence-corrected chi connectivity index (χ0v) is 43.0. The van der Waals surface area contributed by atoms with E-state index in [1.165, 1.54) is 64.2 Å². The second-order valence-corrected chi connectivity index (χ2v) is 18.8. The third kappa shape index (κ3) is 38.1. The fraction of sp³-hybridized carbons (Fsp3) is 0.727. The van der Waals surface area contributed by atoms with E-state index >= 15 is 0 Å². The Hall–Kier alpha value is -2.72. The van der Waals surface area contributed by atoms with Gasteiger partial charge in [0.1, 0.15) is 30.5 Å². The molecular formula is C55H94O12S. The summed E-state index contributed by atoms with van der Waals surface area (Å²) in [6.45, 7) is 3.81. The maximum Gasteiger partial charge on any atom is 0.397 e. The van der Waals surface area contributed by atoms with Gasteiger partial charge in [0.15, 0.2) is 6.29 Å². The van der Waals surface area contributed by atoms with Gasteiger partial charge in [-0.25, -0.2) is 4.18 Å². The monoisotopic (exact) mass is 979 g/mol. The van der Waals surface area contributed by atoms with Gasteiger partial charge in [-0.3, -0.25) is 9.35 Å². The summed E-state index contributed by atoms with van der Waals surface area (Å²) in [6, 6.07) is 0. The van der Waals surface area contributed by atoms with Crippen LogP contribution in [0.25, 0.3) is 0 Å². The summed E-state index contributed by atoms with van der Waals surface area (Å²) in [5.74, 6) is -0.412. The first-order valence-corrected chi connectivity index (χ1v) is 27.7. The summed E-state index contributed by atoms with van der Waals surface area (Å²) >= 11 is 0. The van der Waals surface area contributed by atoms with Crippen molar-refractivity contribution in [3.63, 3.8) is 0 Å². The number of aliphatic hydroxyl groups is 3. The predicted molar refractivity (Wildman–Crippen MR) is 275 cm³/mol. The topological polar surface area (TPSA) is 178 Å². The number of hydrogen-bond donors (Lipinski definition) is 4. The van der Waals surface area contributed by atoms with E-state index in [1.807, 2.05) is 0 Å². The molecule has 0 bridgehead atoms. The van der Waals surface area contributed by atoms with Crippen LogP contribution in [0.2, 0.25) is 0 Å². The van der Waals surface area contributed by atoms with Crippen molar-refractivity contribution in [3.8, 4) is 0 Å². The fourth-order valence-corrected chi connectivity index (χ4v) is 8.06. The average molecular weight is 979 g/mol. The third-order valence-electron chi connectivity index (χ3n) is 11.5. The molecule has 1 saturated heterocycles. The van der Waals surface area contributed by atoms with Gasteiger partial charge in [0.25, 0.3) is 0 Å². The molecule has 0 saturated carbocycles. The molecule has 6 atom stereocenters. The highest BCUT2D eigenvalue weighted by molar-refractivity contribution is 7.80. The first-order chi connectivity index (χ1) is 33.1. The van der Waals surface area contributed by atoms with Gasteiger partial charge in [-0.05, 0) is 89.9 Å². The Bertz CT molecular complexity index is 1500. The molecule has 0 aliphatic carbocycles. The lowest BCUT2D eigenvalue weighted by atomic mass is 9.99. The van der Waals surface area contributed by atoms with E-state index < -0.39 is 59.8 Å². The molecule has 1 fully saturated rings. The van der Waals surface area contributed by atoms with Gasteiger partial charge in [-0.15, -0.1) is 0 Å². The van der Waals surface area contributed by atoms with Crippen LogP contribution in [0.15, 0.2) is 85.1 Å². The third-order valence-corrected chi connectivity index (χ3v) is 12.0. The van der Waals surface area contributed by atoms with Crippen LogP contribution in [0.3, 0.4) is 0 Å². The van der Waals surface area contributed by atoms with Gasteiger partial charge in [-0.1, -0.05) is 182 Å². The van der Waals surface area contributed by atoms with Crippen LogP contribution < -0.4 is 0 Å². The number of carbonyl (C=O) groups is 1. The van der Waals surface area contributed by atoms with E-state index in [-0.39, 0.29) is 19.6 Å². The van der Waals surface area contributed by atoms with E-state index in [9.17, 15) is 33.1 Å². The van der Waals surface area contributed by atoms with E-state index in [0.29, 0.717) is 13.0 Å². The zero-order chi connectivity index (χ0) is 49.6. The summed E-state index contributed by atoms with van der Waals surface area (Å²) in [7, 11) is -5.07. The molecule has 0 aromatic carbocycles. The molecule has 13 heteroatoms. The molecule has 1 rings (SSSR count). The van der Waals surface area contributed by atoms with Crippen molar-refractivity contribution in [3.05, 3.63) is 85.1 Å². The highest BCUT2D eigenvalue weighted by Gasteiger charge is 2.48. The van der Waals surface area contributed by atoms with E-state index in [4.69, 9.17) is 18.9 Å². The molecule has 68 heavy (non-hydrogen) atoms. The Balaban J connectivity index is 2.37. The minimum absolute atomic E-state index is 0.0195. The first-order valence-electron chi connectivity index (χ1n) is 26.3. The van der Waals surface area contributed by atoms with Gasteiger partial charge < -0.3 is 34.3 Å². The maximum atomic E-state index is 12.9. The smallest absolute Gasteiger partial charge is 0.397 e. The molecule has 0 amide bonds.